The SMILES string of the molecule is Nc1cc(Cl)ccc1C(O)(C(F)(F)F)C(F)(F)F. The van der Waals surface area contributed by atoms with Crippen molar-refractivity contribution in [2.75, 3.05) is 5.73 Å². The van der Waals surface area contributed by atoms with Crippen molar-refractivity contribution in [3.63, 3.8) is 0 Å². The maximum atomic E-state index is 12.5. The first-order valence-corrected chi connectivity index (χ1v) is 4.70. The normalized spacial score (nSPS) is 13.8. The first-order valence-electron chi connectivity index (χ1n) is 4.32. The highest BCUT2D eigenvalue weighted by Crippen LogP contribution is 2.51. The minimum atomic E-state index is -5.97. The molecule has 9 heteroatoms. The number of aliphatic hydroxyl groups is 1. The van der Waals surface area contributed by atoms with Gasteiger partial charge in [0.05, 0.1) is 0 Å². The second-order valence-electron chi connectivity index (χ2n) is 3.44. The van der Waals surface area contributed by atoms with Gasteiger partial charge in [-0.2, -0.15) is 26.3 Å². The predicted octanol–water partition coefficient (Wildman–Crippen LogP) is 3.23. The van der Waals surface area contributed by atoms with Crippen LogP contribution in [0.15, 0.2) is 18.2 Å². The first-order chi connectivity index (χ1) is 7.91. The molecule has 0 atom stereocenters. The Morgan fingerprint density at radius 3 is 1.78 bits per heavy atom. The number of anilines is 1. The van der Waals surface area contributed by atoms with Crippen molar-refractivity contribution >= 4 is 17.3 Å². The lowest BCUT2D eigenvalue weighted by atomic mass is 9.91. The summed E-state index contributed by atoms with van der Waals surface area (Å²) in [4.78, 5) is 0. The maximum Gasteiger partial charge on any atom is 0.430 e. The van der Waals surface area contributed by atoms with E-state index in [1.165, 1.54) is 0 Å². The van der Waals surface area contributed by atoms with Crippen molar-refractivity contribution in [3.8, 4) is 0 Å². The summed E-state index contributed by atoms with van der Waals surface area (Å²) in [6.07, 6.45) is -11.9. The Labute approximate surface area is 102 Å². The minimum Gasteiger partial charge on any atom is -0.398 e. The molecule has 18 heavy (non-hydrogen) atoms. The van der Waals surface area contributed by atoms with Crippen molar-refractivity contribution in [2.45, 2.75) is 18.0 Å². The number of hydrogen-bond acceptors (Lipinski definition) is 2. The molecule has 0 unspecified atom stereocenters. The molecule has 0 bridgehead atoms. The number of nitrogen functional groups attached to an aromatic ring is 1. The van der Waals surface area contributed by atoms with Gasteiger partial charge in [-0.1, -0.05) is 17.7 Å². The van der Waals surface area contributed by atoms with Crippen LogP contribution in [0.3, 0.4) is 0 Å². The fourth-order valence-electron chi connectivity index (χ4n) is 1.33. The second-order valence-corrected chi connectivity index (χ2v) is 3.87. The minimum absolute atomic E-state index is 0.150. The van der Waals surface area contributed by atoms with Crippen LogP contribution in [0.25, 0.3) is 0 Å². The number of benzene rings is 1. The fraction of sp³-hybridized carbons (Fsp3) is 0.333. The lowest BCUT2D eigenvalue weighted by Crippen LogP contribution is -2.54. The number of alkyl halides is 6. The predicted molar refractivity (Wildman–Crippen MR) is 51.9 cm³/mol. The molecule has 0 aromatic heterocycles. The number of nitrogens with two attached hydrogens (primary N) is 1. The van der Waals surface area contributed by atoms with Crippen molar-refractivity contribution in [1.82, 2.24) is 0 Å². The summed E-state index contributed by atoms with van der Waals surface area (Å²) in [7, 11) is 0. The van der Waals surface area contributed by atoms with Gasteiger partial charge in [-0.3, -0.25) is 0 Å². The topological polar surface area (TPSA) is 46.2 Å². The lowest BCUT2D eigenvalue weighted by Gasteiger charge is -2.33. The molecular weight excluding hydrogens is 288 g/mol. The van der Waals surface area contributed by atoms with E-state index in [2.05, 4.69) is 0 Å². The fourth-order valence-corrected chi connectivity index (χ4v) is 1.51. The molecule has 1 rings (SSSR count). The molecule has 0 saturated heterocycles. The molecule has 0 spiro atoms. The van der Waals surface area contributed by atoms with Crippen LogP contribution in [0.4, 0.5) is 32.0 Å². The van der Waals surface area contributed by atoms with E-state index in [9.17, 15) is 26.3 Å². The van der Waals surface area contributed by atoms with E-state index in [1.54, 1.807) is 0 Å². The third-order valence-electron chi connectivity index (χ3n) is 2.22. The van der Waals surface area contributed by atoms with E-state index >= 15 is 0 Å². The van der Waals surface area contributed by atoms with E-state index in [0.29, 0.717) is 12.1 Å². The molecule has 0 saturated carbocycles. The molecule has 1 aromatic rings. The summed E-state index contributed by atoms with van der Waals surface area (Å²) >= 11 is 5.37. The Bertz CT molecular complexity index is 441. The quantitative estimate of drug-likeness (QED) is 0.617. The van der Waals surface area contributed by atoms with Crippen molar-refractivity contribution in [2.24, 2.45) is 0 Å². The van der Waals surface area contributed by atoms with Gasteiger partial charge in [-0.25, -0.2) is 0 Å². The second kappa shape index (κ2) is 4.20. The van der Waals surface area contributed by atoms with Gasteiger partial charge in [0.1, 0.15) is 0 Å². The summed E-state index contributed by atoms with van der Waals surface area (Å²) in [6, 6.07) is 1.85. The number of hydrogen-bond donors (Lipinski definition) is 2. The average Bonchev–Trinajstić information content (AvgIpc) is 2.12. The molecule has 0 radical (unpaired) electrons. The van der Waals surface area contributed by atoms with Crippen LogP contribution in [-0.2, 0) is 5.60 Å². The summed E-state index contributed by atoms with van der Waals surface area (Å²) in [5, 5.41) is 8.90. The monoisotopic (exact) mass is 293 g/mol. The zero-order chi connectivity index (χ0) is 14.4. The van der Waals surface area contributed by atoms with Crippen molar-refractivity contribution < 1.29 is 31.4 Å². The summed E-state index contributed by atoms with van der Waals surface area (Å²) in [5.41, 5.74) is -2.39. The Balaban J connectivity index is 3.56. The molecule has 0 amide bonds. The van der Waals surface area contributed by atoms with Crippen LogP contribution in [0.1, 0.15) is 5.56 Å². The van der Waals surface area contributed by atoms with Crippen LogP contribution < -0.4 is 5.73 Å². The van der Waals surface area contributed by atoms with E-state index in [-0.39, 0.29) is 5.02 Å². The van der Waals surface area contributed by atoms with Crippen LogP contribution >= 0.6 is 11.6 Å². The smallest absolute Gasteiger partial charge is 0.398 e. The van der Waals surface area contributed by atoms with E-state index in [0.717, 1.165) is 6.07 Å². The summed E-state index contributed by atoms with van der Waals surface area (Å²) < 4.78 is 75.0. The molecule has 1 aromatic carbocycles. The molecular formula is C9H6ClF6NO. The Morgan fingerprint density at radius 1 is 1.00 bits per heavy atom. The molecule has 102 valence electrons. The molecule has 0 heterocycles. The molecule has 0 aliphatic rings. The van der Waals surface area contributed by atoms with Gasteiger partial charge in [-0.05, 0) is 12.1 Å². The molecule has 0 aliphatic carbocycles. The van der Waals surface area contributed by atoms with E-state index < -0.39 is 29.2 Å². The van der Waals surface area contributed by atoms with Crippen LogP contribution in [0.5, 0.6) is 0 Å². The maximum absolute atomic E-state index is 12.5. The van der Waals surface area contributed by atoms with E-state index in [4.69, 9.17) is 22.4 Å². The zero-order valence-electron chi connectivity index (χ0n) is 8.40. The number of rotatable bonds is 1. The lowest BCUT2D eigenvalue weighted by molar-refractivity contribution is -0.376. The largest absolute Gasteiger partial charge is 0.430 e. The highest BCUT2D eigenvalue weighted by Gasteiger charge is 2.72. The van der Waals surface area contributed by atoms with Gasteiger partial charge in [0.25, 0.3) is 5.60 Å². The Morgan fingerprint density at radius 2 is 1.44 bits per heavy atom. The van der Waals surface area contributed by atoms with Crippen LogP contribution in [0, 0.1) is 0 Å². The molecule has 0 aliphatic heterocycles. The Kier molecular flexibility index (Phi) is 3.48. The van der Waals surface area contributed by atoms with Crippen LogP contribution in [-0.4, -0.2) is 17.5 Å². The van der Waals surface area contributed by atoms with Gasteiger partial charge < -0.3 is 10.8 Å². The van der Waals surface area contributed by atoms with E-state index in [1.807, 2.05) is 0 Å². The highest BCUT2D eigenvalue weighted by molar-refractivity contribution is 6.30. The summed E-state index contributed by atoms with van der Waals surface area (Å²) in [5.74, 6) is 0. The van der Waals surface area contributed by atoms with Crippen LogP contribution in [0.2, 0.25) is 5.02 Å². The van der Waals surface area contributed by atoms with Crippen molar-refractivity contribution in [3.05, 3.63) is 28.8 Å². The highest BCUT2D eigenvalue weighted by atomic mass is 35.5. The van der Waals surface area contributed by atoms with Gasteiger partial charge in [0.15, 0.2) is 0 Å². The zero-order valence-corrected chi connectivity index (χ0v) is 9.16. The third kappa shape index (κ3) is 2.22. The average molecular weight is 294 g/mol. The molecule has 3 N–H and O–H groups in total. The summed E-state index contributed by atoms with van der Waals surface area (Å²) in [6.45, 7) is 0. The van der Waals surface area contributed by atoms with Crippen molar-refractivity contribution in [1.29, 1.82) is 0 Å². The van der Waals surface area contributed by atoms with Gasteiger partial charge >= 0.3 is 12.4 Å². The Hall–Kier alpha value is -1.15. The van der Waals surface area contributed by atoms with Gasteiger partial charge in [0, 0.05) is 16.3 Å². The third-order valence-corrected chi connectivity index (χ3v) is 2.46. The van der Waals surface area contributed by atoms with Gasteiger partial charge in [0.2, 0.25) is 0 Å². The standard InChI is InChI=1S/C9H6ClF6NO/c10-4-1-2-5(6(17)3-4)7(18,8(11,12)13)9(14,15)16/h1-3,18H,17H2. The van der Waals surface area contributed by atoms with Gasteiger partial charge in [-0.15, -0.1) is 0 Å². The molecule has 2 nitrogen and oxygen atoms in total. The first kappa shape index (κ1) is 14.9. The number of halogens is 7. The molecule has 0 fully saturated rings.